The Kier molecular flexibility index (Phi) is 3.75. The van der Waals surface area contributed by atoms with E-state index in [1.54, 1.807) is 30.5 Å². The van der Waals surface area contributed by atoms with Crippen LogP contribution in [0.1, 0.15) is 24.4 Å². The van der Waals surface area contributed by atoms with Gasteiger partial charge >= 0.3 is 0 Å². The van der Waals surface area contributed by atoms with E-state index in [0.717, 1.165) is 36.1 Å². The standard InChI is InChI=1S/C23H21F2N5/c1-29-10-15(9-28-29)14-6-18(24)22(19(25)7-14)23-17(13-2-3-13)11-30(23)16-4-5-20-21(8-16)27-12-26-20/h4-10,12-13,17,23H,2-3,11H2,1H3,(H,26,27)/t17-,23-/m0/s1. The van der Waals surface area contributed by atoms with Crippen LogP contribution in [0.25, 0.3) is 22.2 Å². The van der Waals surface area contributed by atoms with E-state index < -0.39 is 11.6 Å². The number of hydrogen-bond acceptors (Lipinski definition) is 3. The first-order chi connectivity index (χ1) is 14.6. The molecule has 5 nitrogen and oxygen atoms in total. The monoisotopic (exact) mass is 405 g/mol. The van der Waals surface area contributed by atoms with Crippen LogP contribution < -0.4 is 4.90 Å². The number of aryl methyl sites for hydroxylation is 1. The Hall–Kier alpha value is -3.22. The third kappa shape index (κ3) is 2.72. The maximum Gasteiger partial charge on any atom is 0.132 e. The highest BCUT2D eigenvalue weighted by Gasteiger charge is 2.49. The van der Waals surface area contributed by atoms with Crippen LogP contribution in [0.3, 0.4) is 0 Å². The zero-order chi connectivity index (χ0) is 20.4. The maximum atomic E-state index is 15.3. The molecule has 30 heavy (non-hydrogen) atoms. The number of H-pyrrole nitrogens is 1. The number of hydrogen-bond donors (Lipinski definition) is 1. The van der Waals surface area contributed by atoms with E-state index in [-0.39, 0.29) is 17.5 Å². The van der Waals surface area contributed by atoms with E-state index in [2.05, 4.69) is 20.0 Å². The number of nitrogens with zero attached hydrogens (tertiary/aromatic N) is 4. The van der Waals surface area contributed by atoms with E-state index in [1.165, 1.54) is 12.1 Å². The molecule has 1 saturated carbocycles. The largest absolute Gasteiger partial charge is 0.363 e. The van der Waals surface area contributed by atoms with Crippen LogP contribution in [0.2, 0.25) is 0 Å². The number of aromatic amines is 1. The van der Waals surface area contributed by atoms with Gasteiger partial charge in [0.15, 0.2) is 0 Å². The molecule has 0 bridgehead atoms. The van der Waals surface area contributed by atoms with Gasteiger partial charge in [-0.15, -0.1) is 0 Å². The molecule has 0 amide bonds. The fourth-order valence-electron chi connectivity index (χ4n) is 4.81. The van der Waals surface area contributed by atoms with Crippen molar-refractivity contribution in [2.45, 2.75) is 18.9 Å². The maximum absolute atomic E-state index is 15.3. The molecule has 2 fully saturated rings. The van der Waals surface area contributed by atoms with E-state index in [4.69, 9.17) is 0 Å². The molecule has 0 unspecified atom stereocenters. The summed E-state index contributed by atoms with van der Waals surface area (Å²) in [5.74, 6) is -0.150. The number of fused-ring (bicyclic) bond motifs is 1. The minimum atomic E-state index is -0.489. The minimum absolute atomic E-state index is 0.176. The summed E-state index contributed by atoms with van der Waals surface area (Å²) in [6.07, 6.45) is 7.33. The van der Waals surface area contributed by atoms with E-state index in [9.17, 15) is 0 Å². The number of halogens is 2. The predicted octanol–water partition coefficient (Wildman–Crippen LogP) is 4.83. The molecule has 1 aliphatic heterocycles. The number of aromatic nitrogens is 4. The van der Waals surface area contributed by atoms with Crippen LogP contribution in [-0.2, 0) is 7.05 Å². The molecule has 152 valence electrons. The van der Waals surface area contributed by atoms with Crippen molar-refractivity contribution in [1.29, 1.82) is 0 Å². The third-order valence-electron chi connectivity index (χ3n) is 6.52. The fourth-order valence-corrected chi connectivity index (χ4v) is 4.81. The average molecular weight is 405 g/mol. The van der Waals surface area contributed by atoms with Crippen LogP contribution >= 0.6 is 0 Å². The normalized spacial score (nSPS) is 21.2. The van der Waals surface area contributed by atoms with Gasteiger partial charge in [-0.3, -0.25) is 4.68 Å². The van der Waals surface area contributed by atoms with Crippen LogP contribution in [-0.4, -0.2) is 26.3 Å². The molecule has 2 aromatic carbocycles. The van der Waals surface area contributed by atoms with Gasteiger partial charge < -0.3 is 9.88 Å². The molecule has 3 heterocycles. The molecule has 2 atom stereocenters. The third-order valence-corrected chi connectivity index (χ3v) is 6.52. The molecule has 2 aliphatic rings. The van der Waals surface area contributed by atoms with Gasteiger partial charge in [0.1, 0.15) is 11.6 Å². The molecule has 1 aliphatic carbocycles. The molecule has 1 saturated heterocycles. The molecule has 0 radical (unpaired) electrons. The van der Waals surface area contributed by atoms with Crippen molar-refractivity contribution >= 4 is 16.7 Å². The Bertz CT molecular complexity index is 1230. The van der Waals surface area contributed by atoms with E-state index in [0.29, 0.717) is 17.0 Å². The van der Waals surface area contributed by atoms with Crippen LogP contribution in [0, 0.1) is 23.5 Å². The van der Waals surface area contributed by atoms with Crippen molar-refractivity contribution in [2.75, 3.05) is 11.4 Å². The second kappa shape index (κ2) is 6.39. The Morgan fingerprint density at radius 2 is 1.87 bits per heavy atom. The minimum Gasteiger partial charge on any atom is -0.363 e. The van der Waals surface area contributed by atoms with Gasteiger partial charge in [0, 0.05) is 42.5 Å². The van der Waals surface area contributed by atoms with E-state index in [1.807, 2.05) is 18.2 Å². The van der Waals surface area contributed by atoms with Crippen LogP contribution in [0.4, 0.5) is 14.5 Å². The summed E-state index contributed by atoms with van der Waals surface area (Å²) >= 11 is 0. The topological polar surface area (TPSA) is 49.7 Å². The van der Waals surface area contributed by atoms with Crippen molar-refractivity contribution in [2.24, 2.45) is 18.9 Å². The lowest BCUT2D eigenvalue weighted by atomic mass is 9.78. The Balaban J connectivity index is 1.41. The van der Waals surface area contributed by atoms with E-state index >= 15 is 8.78 Å². The number of rotatable bonds is 4. The summed E-state index contributed by atoms with van der Waals surface area (Å²) < 4.78 is 32.3. The lowest BCUT2D eigenvalue weighted by Crippen LogP contribution is -2.51. The van der Waals surface area contributed by atoms with Gasteiger partial charge in [-0.05, 0) is 54.7 Å². The van der Waals surface area contributed by atoms with Crippen molar-refractivity contribution in [3.8, 4) is 11.1 Å². The van der Waals surface area contributed by atoms with Crippen molar-refractivity contribution in [3.63, 3.8) is 0 Å². The second-order valence-electron chi connectivity index (χ2n) is 8.46. The number of benzene rings is 2. The van der Waals surface area contributed by atoms with Crippen molar-refractivity contribution in [3.05, 3.63) is 66.3 Å². The van der Waals surface area contributed by atoms with Gasteiger partial charge in [0.05, 0.1) is 29.6 Å². The highest BCUT2D eigenvalue weighted by Crippen LogP contribution is 2.54. The summed E-state index contributed by atoms with van der Waals surface area (Å²) in [6, 6.07) is 8.53. The van der Waals surface area contributed by atoms with Crippen LogP contribution in [0.5, 0.6) is 0 Å². The summed E-state index contributed by atoms with van der Waals surface area (Å²) in [5.41, 5.74) is 4.16. The molecule has 0 spiro atoms. The van der Waals surface area contributed by atoms with Gasteiger partial charge in [0.25, 0.3) is 0 Å². The Labute approximate surface area is 172 Å². The molecule has 7 heteroatoms. The molecular weight excluding hydrogens is 384 g/mol. The van der Waals surface area contributed by atoms with Crippen molar-refractivity contribution < 1.29 is 8.78 Å². The lowest BCUT2D eigenvalue weighted by Gasteiger charge is -2.50. The first-order valence-electron chi connectivity index (χ1n) is 10.3. The Morgan fingerprint density at radius 1 is 1.07 bits per heavy atom. The van der Waals surface area contributed by atoms with Gasteiger partial charge in [-0.1, -0.05) is 0 Å². The Morgan fingerprint density at radius 3 is 2.57 bits per heavy atom. The summed E-state index contributed by atoms with van der Waals surface area (Å²) in [6.45, 7) is 0.818. The zero-order valence-electron chi connectivity index (χ0n) is 16.5. The van der Waals surface area contributed by atoms with Crippen molar-refractivity contribution in [1.82, 2.24) is 19.7 Å². The van der Waals surface area contributed by atoms with Gasteiger partial charge in [-0.2, -0.15) is 5.10 Å². The zero-order valence-corrected chi connectivity index (χ0v) is 16.5. The fraction of sp³-hybridized carbons (Fsp3) is 0.304. The lowest BCUT2D eigenvalue weighted by molar-refractivity contribution is 0.251. The highest BCUT2D eigenvalue weighted by molar-refractivity contribution is 5.79. The first-order valence-corrected chi connectivity index (χ1v) is 10.3. The van der Waals surface area contributed by atoms with Gasteiger partial charge in [-0.25, -0.2) is 13.8 Å². The molecule has 4 aromatic rings. The first kappa shape index (κ1) is 17.6. The molecule has 1 N–H and O–H groups in total. The second-order valence-corrected chi connectivity index (χ2v) is 8.46. The molecular formula is C23H21F2N5. The van der Waals surface area contributed by atoms with Crippen LogP contribution in [0.15, 0.2) is 49.1 Å². The highest BCUT2D eigenvalue weighted by atomic mass is 19.1. The summed E-state index contributed by atoms with van der Waals surface area (Å²) in [5, 5.41) is 4.11. The predicted molar refractivity (Wildman–Crippen MR) is 111 cm³/mol. The number of anilines is 1. The smallest absolute Gasteiger partial charge is 0.132 e. The molecule has 6 rings (SSSR count). The SMILES string of the molecule is Cn1cc(-c2cc(F)c([C@@H]3[C@H](C4CC4)CN3c3ccc4nc[nH]c4c3)c(F)c2)cn1. The summed E-state index contributed by atoms with van der Waals surface area (Å²) in [4.78, 5) is 9.50. The summed E-state index contributed by atoms with van der Waals surface area (Å²) in [7, 11) is 1.79. The average Bonchev–Trinajstić information content (AvgIpc) is 3.24. The van der Waals surface area contributed by atoms with Gasteiger partial charge in [0.2, 0.25) is 0 Å². The quantitative estimate of drug-likeness (QED) is 0.529. The number of imidazole rings is 1. The molecule has 2 aromatic heterocycles. The number of nitrogens with one attached hydrogen (secondary N) is 1.